The first-order chi connectivity index (χ1) is 7.18. The third-order valence-electron chi connectivity index (χ3n) is 1.83. The second-order valence-corrected chi connectivity index (χ2v) is 2.85. The number of aromatic nitrogens is 1. The molecule has 2 rings (SSSR count). The van der Waals surface area contributed by atoms with Crippen LogP contribution in [0.25, 0.3) is 0 Å². The van der Waals surface area contributed by atoms with E-state index in [2.05, 4.69) is 10.3 Å². The minimum absolute atomic E-state index is 0.0491. The predicted molar refractivity (Wildman–Crippen MR) is 51.5 cm³/mol. The van der Waals surface area contributed by atoms with E-state index in [1.54, 1.807) is 18.3 Å². The smallest absolute Gasteiger partial charge is 0.357 e. The van der Waals surface area contributed by atoms with Crippen molar-refractivity contribution in [1.29, 1.82) is 0 Å². The molecule has 1 aliphatic rings. The van der Waals surface area contributed by atoms with Gasteiger partial charge in [0.05, 0.1) is 11.9 Å². The summed E-state index contributed by atoms with van der Waals surface area (Å²) in [5, 5.41) is 3.25. The van der Waals surface area contributed by atoms with E-state index in [1.165, 1.54) is 6.20 Å². The average molecular weight is 203 g/mol. The molecular formula is C9H7N4O2. The van der Waals surface area contributed by atoms with Crippen LogP contribution in [0.2, 0.25) is 0 Å². The minimum atomic E-state index is -0.701. The van der Waals surface area contributed by atoms with E-state index < -0.39 is 11.9 Å². The molecule has 0 atom stereocenters. The first-order valence-electron chi connectivity index (χ1n) is 4.15. The number of hydrogen-bond donors (Lipinski definition) is 1. The number of urea groups is 1. The molecular weight excluding hydrogens is 196 g/mol. The van der Waals surface area contributed by atoms with Crippen molar-refractivity contribution in [2.45, 2.75) is 0 Å². The molecule has 3 amide bonds. The fourth-order valence-electron chi connectivity index (χ4n) is 1.22. The van der Waals surface area contributed by atoms with Gasteiger partial charge in [0.1, 0.15) is 5.82 Å². The number of carbonyl (C=O) groups excluding carboxylic acids is 2. The molecule has 15 heavy (non-hydrogen) atoms. The Morgan fingerprint density at radius 3 is 2.73 bits per heavy atom. The number of amides is 3. The van der Waals surface area contributed by atoms with Crippen LogP contribution in [0.1, 0.15) is 0 Å². The minimum Gasteiger partial charge on any atom is -0.385 e. The maximum atomic E-state index is 11.4. The lowest BCUT2D eigenvalue weighted by Gasteiger charge is -2.23. The summed E-state index contributed by atoms with van der Waals surface area (Å²) in [6.07, 6.45) is 4.12. The lowest BCUT2D eigenvalue weighted by molar-refractivity contribution is -0.115. The Hall–Kier alpha value is -2.37. The van der Waals surface area contributed by atoms with Gasteiger partial charge in [-0.2, -0.15) is 5.32 Å². The zero-order valence-electron chi connectivity index (χ0n) is 7.62. The lowest BCUT2D eigenvalue weighted by Crippen LogP contribution is -2.44. The number of imide groups is 1. The standard InChI is InChI=1S/C9H7N4O2/c10-7-4-8(14)12-9(15)13(7)6-2-1-3-11-5-6/h1-5H,10H2. The van der Waals surface area contributed by atoms with E-state index in [0.29, 0.717) is 5.69 Å². The third-order valence-corrected chi connectivity index (χ3v) is 1.83. The molecule has 0 saturated heterocycles. The molecule has 2 heterocycles. The normalized spacial score (nSPS) is 16.0. The fraction of sp³-hybridized carbons (Fsp3) is 0. The Morgan fingerprint density at radius 2 is 2.13 bits per heavy atom. The molecule has 1 aliphatic heterocycles. The SMILES string of the molecule is NC1=CC(=O)[N]C(=O)N1c1cccnc1. The quantitative estimate of drug-likeness (QED) is 0.692. The van der Waals surface area contributed by atoms with Gasteiger partial charge >= 0.3 is 6.03 Å². The number of pyridine rings is 1. The summed E-state index contributed by atoms with van der Waals surface area (Å²) in [5.41, 5.74) is 6.03. The van der Waals surface area contributed by atoms with Gasteiger partial charge in [0.25, 0.3) is 5.91 Å². The van der Waals surface area contributed by atoms with Gasteiger partial charge in [-0.15, -0.1) is 0 Å². The van der Waals surface area contributed by atoms with Gasteiger partial charge in [0, 0.05) is 12.3 Å². The van der Waals surface area contributed by atoms with Crippen molar-refractivity contribution in [1.82, 2.24) is 10.3 Å². The molecule has 6 nitrogen and oxygen atoms in total. The second kappa shape index (κ2) is 3.41. The van der Waals surface area contributed by atoms with Crippen LogP contribution in [0.3, 0.4) is 0 Å². The van der Waals surface area contributed by atoms with Crippen LogP contribution in [0, 0.1) is 0 Å². The Balaban J connectivity index is 2.41. The summed E-state index contributed by atoms with van der Waals surface area (Å²) in [7, 11) is 0. The van der Waals surface area contributed by atoms with Gasteiger partial charge in [-0.25, -0.2) is 9.69 Å². The van der Waals surface area contributed by atoms with Crippen molar-refractivity contribution in [3.63, 3.8) is 0 Å². The number of hydrogen-bond acceptors (Lipinski definition) is 4. The molecule has 0 fully saturated rings. The Labute approximate surface area is 85.4 Å². The summed E-state index contributed by atoms with van der Waals surface area (Å²) in [6, 6.07) is 2.61. The number of nitrogens with two attached hydrogens (primary N) is 1. The van der Waals surface area contributed by atoms with Crippen molar-refractivity contribution in [2.75, 3.05) is 4.90 Å². The molecule has 1 aromatic rings. The third kappa shape index (κ3) is 1.64. The molecule has 0 bridgehead atoms. The highest BCUT2D eigenvalue weighted by molar-refractivity contribution is 6.11. The summed E-state index contributed by atoms with van der Waals surface area (Å²) in [5.74, 6) is -0.592. The van der Waals surface area contributed by atoms with Crippen molar-refractivity contribution >= 4 is 17.6 Å². The molecule has 0 aromatic carbocycles. The summed E-state index contributed by atoms with van der Waals surface area (Å²) in [4.78, 5) is 27.2. The molecule has 0 saturated carbocycles. The number of nitrogens with zero attached hydrogens (tertiary/aromatic N) is 3. The topological polar surface area (TPSA) is 90.4 Å². The van der Waals surface area contributed by atoms with E-state index in [4.69, 9.17) is 5.73 Å². The fourth-order valence-corrected chi connectivity index (χ4v) is 1.22. The van der Waals surface area contributed by atoms with Gasteiger partial charge in [-0.3, -0.25) is 9.78 Å². The second-order valence-electron chi connectivity index (χ2n) is 2.85. The molecule has 75 valence electrons. The van der Waals surface area contributed by atoms with Crippen LogP contribution in [0.5, 0.6) is 0 Å². The first-order valence-corrected chi connectivity index (χ1v) is 4.15. The number of carbonyl (C=O) groups is 2. The van der Waals surface area contributed by atoms with E-state index >= 15 is 0 Å². The Bertz CT molecular complexity index is 441. The van der Waals surface area contributed by atoms with E-state index in [9.17, 15) is 9.59 Å². The molecule has 1 radical (unpaired) electrons. The van der Waals surface area contributed by atoms with Crippen molar-refractivity contribution in [2.24, 2.45) is 5.73 Å². The highest BCUT2D eigenvalue weighted by Gasteiger charge is 2.26. The highest BCUT2D eigenvalue weighted by atomic mass is 16.2. The first kappa shape index (κ1) is 9.20. The predicted octanol–water partition coefficient (Wildman–Crippen LogP) is -0.0473. The maximum absolute atomic E-state index is 11.4. The maximum Gasteiger partial charge on any atom is 0.357 e. The summed E-state index contributed by atoms with van der Waals surface area (Å²) < 4.78 is 0. The van der Waals surface area contributed by atoms with Crippen molar-refractivity contribution in [3.05, 3.63) is 36.4 Å². The van der Waals surface area contributed by atoms with Gasteiger partial charge < -0.3 is 5.73 Å². The van der Waals surface area contributed by atoms with Crippen LogP contribution < -0.4 is 16.0 Å². The van der Waals surface area contributed by atoms with Crippen LogP contribution in [-0.2, 0) is 4.79 Å². The summed E-state index contributed by atoms with van der Waals surface area (Å²) in [6.45, 7) is 0. The number of rotatable bonds is 1. The Morgan fingerprint density at radius 1 is 1.33 bits per heavy atom. The zero-order valence-corrected chi connectivity index (χ0v) is 7.62. The zero-order chi connectivity index (χ0) is 10.8. The van der Waals surface area contributed by atoms with Crippen LogP contribution in [-0.4, -0.2) is 16.9 Å². The van der Waals surface area contributed by atoms with Gasteiger partial charge in [0.15, 0.2) is 0 Å². The number of anilines is 1. The van der Waals surface area contributed by atoms with E-state index in [-0.39, 0.29) is 5.82 Å². The highest BCUT2D eigenvalue weighted by Crippen LogP contribution is 2.17. The largest absolute Gasteiger partial charge is 0.385 e. The molecule has 2 N–H and O–H groups in total. The monoisotopic (exact) mass is 203 g/mol. The molecule has 0 spiro atoms. The Kier molecular flexibility index (Phi) is 2.09. The van der Waals surface area contributed by atoms with Crippen molar-refractivity contribution < 1.29 is 9.59 Å². The molecule has 0 unspecified atom stereocenters. The van der Waals surface area contributed by atoms with Crippen LogP contribution in [0.4, 0.5) is 10.5 Å². The molecule has 1 aromatic heterocycles. The van der Waals surface area contributed by atoms with E-state index in [0.717, 1.165) is 11.0 Å². The van der Waals surface area contributed by atoms with Crippen molar-refractivity contribution in [3.8, 4) is 0 Å². The van der Waals surface area contributed by atoms with Gasteiger partial charge in [-0.05, 0) is 12.1 Å². The average Bonchev–Trinajstić information content (AvgIpc) is 2.17. The van der Waals surface area contributed by atoms with Gasteiger partial charge in [-0.1, -0.05) is 0 Å². The van der Waals surface area contributed by atoms with Crippen LogP contribution >= 0.6 is 0 Å². The molecule has 0 aliphatic carbocycles. The van der Waals surface area contributed by atoms with Gasteiger partial charge in [0.2, 0.25) is 0 Å². The lowest BCUT2D eigenvalue weighted by atomic mass is 10.3. The molecule has 6 heteroatoms. The summed E-state index contributed by atoms with van der Waals surface area (Å²) >= 11 is 0. The van der Waals surface area contributed by atoms with E-state index in [1.807, 2.05) is 0 Å². The van der Waals surface area contributed by atoms with Crippen LogP contribution in [0.15, 0.2) is 36.4 Å².